The van der Waals surface area contributed by atoms with Crippen molar-refractivity contribution in [3.8, 4) is 5.69 Å². The number of aromatic nitrogens is 2. The fourth-order valence-electron chi connectivity index (χ4n) is 3.32. The summed E-state index contributed by atoms with van der Waals surface area (Å²) in [6.45, 7) is 3.93. The number of hydrogen-bond donors (Lipinski definition) is 0. The molecule has 1 amide bonds. The Hall–Kier alpha value is -2.14. The van der Waals surface area contributed by atoms with Crippen LogP contribution in [-0.4, -0.2) is 33.4 Å². The second-order valence-electron chi connectivity index (χ2n) is 6.22. The van der Waals surface area contributed by atoms with Crippen molar-refractivity contribution < 1.29 is 4.79 Å². The average molecular weight is 325 g/mol. The maximum atomic E-state index is 13.1. The highest BCUT2D eigenvalue weighted by molar-refractivity contribution is 7.21. The minimum Gasteiger partial charge on any atom is -0.338 e. The third-order valence-electron chi connectivity index (χ3n) is 4.44. The summed E-state index contributed by atoms with van der Waals surface area (Å²) in [6, 6.07) is 7.94. The largest absolute Gasteiger partial charge is 0.338 e. The van der Waals surface area contributed by atoms with E-state index >= 15 is 0 Å². The first-order valence-corrected chi connectivity index (χ1v) is 8.86. The number of piperidine rings is 1. The first-order chi connectivity index (χ1) is 11.2. The summed E-state index contributed by atoms with van der Waals surface area (Å²) in [6.07, 6.45) is 8.07. The van der Waals surface area contributed by atoms with Crippen LogP contribution in [0, 0.1) is 5.92 Å². The predicted octanol–water partition coefficient (Wildman–Crippen LogP) is 3.96. The number of carbonyl (C=O) groups is 1. The number of carbonyl (C=O) groups excluding carboxylic acids is 1. The molecule has 4 rings (SSSR count). The number of fused-ring (bicyclic) bond motifs is 1. The van der Waals surface area contributed by atoms with Gasteiger partial charge in [-0.1, -0.05) is 6.92 Å². The number of hydrogen-bond acceptors (Lipinski definition) is 3. The molecule has 0 spiro atoms. The van der Waals surface area contributed by atoms with E-state index in [1.807, 2.05) is 46.1 Å². The van der Waals surface area contributed by atoms with Gasteiger partial charge in [-0.2, -0.15) is 0 Å². The van der Waals surface area contributed by atoms with Crippen molar-refractivity contribution in [1.29, 1.82) is 0 Å². The summed E-state index contributed by atoms with van der Waals surface area (Å²) in [7, 11) is 0. The van der Waals surface area contributed by atoms with Crippen LogP contribution in [0.4, 0.5) is 0 Å². The van der Waals surface area contributed by atoms with Gasteiger partial charge in [-0.05, 0) is 43.0 Å². The average Bonchev–Trinajstić information content (AvgIpc) is 3.21. The van der Waals surface area contributed by atoms with Gasteiger partial charge >= 0.3 is 0 Å². The fourth-order valence-corrected chi connectivity index (χ4v) is 4.43. The number of rotatable bonds is 2. The third kappa shape index (κ3) is 2.55. The van der Waals surface area contributed by atoms with E-state index in [1.165, 1.54) is 17.8 Å². The smallest absolute Gasteiger partial charge is 0.266 e. The molecule has 1 aliphatic heterocycles. The molecule has 0 aromatic carbocycles. The van der Waals surface area contributed by atoms with Crippen LogP contribution in [-0.2, 0) is 0 Å². The molecule has 5 heteroatoms. The van der Waals surface area contributed by atoms with E-state index < -0.39 is 0 Å². The Morgan fingerprint density at radius 2 is 2.13 bits per heavy atom. The lowest BCUT2D eigenvalue weighted by Crippen LogP contribution is -2.39. The van der Waals surface area contributed by atoms with E-state index in [9.17, 15) is 4.79 Å². The van der Waals surface area contributed by atoms with Gasteiger partial charge in [-0.15, -0.1) is 11.3 Å². The molecule has 4 nitrogen and oxygen atoms in total. The number of thiophene rings is 1. The minimum absolute atomic E-state index is 0.142. The summed E-state index contributed by atoms with van der Waals surface area (Å²) in [5.41, 5.74) is 0.964. The van der Waals surface area contributed by atoms with Gasteiger partial charge in [-0.3, -0.25) is 4.79 Å². The van der Waals surface area contributed by atoms with E-state index in [0.717, 1.165) is 40.3 Å². The Balaban J connectivity index is 1.83. The summed E-state index contributed by atoms with van der Waals surface area (Å²) in [5, 5.41) is 1.04. The van der Waals surface area contributed by atoms with Gasteiger partial charge in [0.05, 0.1) is 5.69 Å². The molecule has 3 aromatic rings. The molecule has 23 heavy (non-hydrogen) atoms. The van der Waals surface area contributed by atoms with Crippen molar-refractivity contribution in [2.45, 2.75) is 19.8 Å². The molecule has 4 heterocycles. The van der Waals surface area contributed by atoms with Crippen molar-refractivity contribution in [2.24, 2.45) is 5.92 Å². The van der Waals surface area contributed by atoms with Crippen LogP contribution in [0.25, 0.3) is 15.9 Å². The Labute approximate surface area is 139 Å². The number of nitrogens with zero attached hydrogens (tertiary/aromatic N) is 3. The van der Waals surface area contributed by atoms with Crippen molar-refractivity contribution in [2.75, 3.05) is 13.1 Å². The van der Waals surface area contributed by atoms with Crippen molar-refractivity contribution in [3.05, 3.63) is 47.7 Å². The second-order valence-corrected chi connectivity index (χ2v) is 7.22. The number of likely N-dealkylation sites (tertiary alicyclic amines) is 1. The lowest BCUT2D eigenvalue weighted by Gasteiger charge is -2.30. The number of pyridine rings is 1. The monoisotopic (exact) mass is 325 g/mol. The molecule has 0 bridgehead atoms. The van der Waals surface area contributed by atoms with Crippen LogP contribution in [0.2, 0.25) is 0 Å². The molecule has 3 aromatic heterocycles. The lowest BCUT2D eigenvalue weighted by molar-refractivity contribution is 0.0688. The Morgan fingerprint density at radius 1 is 1.30 bits per heavy atom. The van der Waals surface area contributed by atoms with Crippen LogP contribution < -0.4 is 0 Å². The highest BCUT2D eigenvalue weighted by Crippen LogP contribution is 2.34. The summed E-state index contributed by atoms with van der Waals surface area (Å²) in [4.78, 5) is 21.3. The lowest BCUT2D eigenvalue weighted by atomic mass is 10.00. The first-order valence-electron chi connectivity index (χ1n) is 8.04. The molecular weight excluding hydrogens is 306 g/mol. The zero-order valence-corrected chi connectivity index (χ0v) is 13.9. The van der Waals surface area contributed by atoms with Crippen LogP contribution in [0.15, 0.2) is 42.9 Å². The topological polar surface area (TPSA) is 38.1 Å². The molecule has 1 fully saturated rings. The zero-order chi connectivity index (χ0) is 15.8. The molecule has 1 atom stereocenters. The first kappa shape index (κ1) is 14.5. The van der Waals surface area contributed by atoms with E-state index in [1.54, 1.807) is 6.20 Å². The maximum Gasteiger partial charge on any atom is 0.266 e. The van der Waals surface area contributed by atoms with E-state index in [0.29, 0.717) is 5.92 Å². The van der Waals surface area contributed by atoms with E-state index in [2.05, 4.69) is 11.9 Å². The maximum absolute atomic E-state index is 13.1. The molecule has 1 saturated heterocycles. The van der Waals surface area contributed by atoms with E-state index in [4.69, 9.17) is 0 Å². The number of amides is 1. The van der Waals surface area contributed by atoms with Crippen molar-refractivity contribution in [1.82, 2.24) is 14.5 Å². The molecular formula is C18H19N3OS. The molecule has 118 valence electrons. The summed E-state index contributed by atoms with van der Waals surface area (Å²) < 4.78 is 2.03. The van der Waals surface area contributed by atoms with Gasteiger partial charge < -0.3 is 9.47 Å². The van der Waals surface area contributed by atoms with Gasteiger partial charge in [0.2, 0.25) is 0 Å². The molecule has 1 unspecified atom stereocenters. The van der Waals surface area contributed by atoms with Crippen molar-refractivity contribution in [3.63, 3.8) is 0 Å². The minimum atomic E-state index is 0.142. The standard InChI is InChI=1S/C18H19N3OS/c1-13-6-5-11-21(12-13)18(22)16-15(20-9-2-3-10-20)14-7-4-8-19-17(14)23-16/h2-4,7-10,13H,5-6,11-12H2,1H3. The Bertz CT molecular complexity index is 837. The third-order valence-corrected chi connectivity index (χ3v) is 5.53. The molecule has 1 aliphatic rings. The molecule has 0 radical (unpaired) electrons. The van der Waals surface area contributed by atoms with Crippen LogP contribution in [0.3, 0.4) is 0 Å². The normalized spacial score (nSPS) is 18.5. The summed E-state index contributed by atoms with van der Waals surface area (Å²) in [5.74, 6) is 0.721. The van der Waals surface area contributed by atoms with E-state index in [-0.39, 0.29) is 5.91 Å². The zero-order valence-electron chi connectivity index (χ0n) is 13.1. The fraction of sp³-hybridized carbons (Fsp3) is 0.333. The second kappa shape index (κ2) is 5.81. The quantitative estimate of drug-likeness (QED) is 0.715. The molecule has 0 N–H and O–H groups in total. The predicted molar refractivity (Wildman–Crippen MR) is 93.2 cm³/mol. The SMILES string of the molecule is CC1CCCN(C(=O)c2sc3ncccc3c2-n2cccc2)C1. The molecule has 0 saturated carbocycles. The van der Waals surface area contributed by atoms with Crippen LogP contribution >= 0.6 is 11.3 Å². The highest BCUT2D eigenvalue weighted by atomic mass is 32.1. The van der Waals surface area contributed by atoms with Gasteiger partial charge in [0.1, 0.15) is 9.71 Å². The van der Waals surface area contributed by atoms with Crippen LogP contribution in [0.1, 0.15) is 29.4 Å². The van der Waals surface area contributed by atoms with Crippen molar-refractivity contribution >= 4 is 27.5 Å². The van der Waals surface area contributed by atoms with Gasteiger partial charge in [0, 0.05) is 37.1 Å². The Morgan fingerprint density at radius 3 is 2.91 bits per heavy atom. The van der Waals surface area contributed by atoms with Gasteiger partial charge in [-0.25, -0.2) is 4.98 Å². The van der Waals surface area contributed by atoms with Crippen LogP contribution in [0.5, 0.6) is 0 Å². The van der Waals surface area contributed by atoms with Gasteiger partial charge in [0.15, 0.2) is 0 Å². The highest BCUT2D eigenvalue weighted by Gasteiger charge is 2.27. The Kier molecular flexibility index (Phi) is 3.65. The molecule has 0 aliphatic carbocycles. The van der Waals surface area contributed by atoms with Gasteiger partial charge in [0.25, 0.3) is 5.91 Å². The summed E-state index contributed by atoms with van der Waals surface area (Å²) >= 11 is 1.50.